The number of benzene rings is 9. The normalized spacial score (nSPS) is 13.8. The number of hydrogen-bond donors (Lipinski definition) is 0. The van der Waals surface area contributed by atoms with E-state index in [0.717, 1.165) is 22.7 Å². The molecule has 0 bridgehead atoms. The van der Waals surface area contributed by atoms with Gasteiger partial charge in [0.2, 0.25) is 0 Å². The van der Waals surface area contributed by atoms with Crippen LogP contribution in [-0.2, 0) is 21.7 Å². The Kier molecular flexibility index (Phi) is 9.37. The minimum absolute atomic E-state index is 0.0187. The molecule has 0 unspecified atom stereocenters. The molecule has 3 aliphatic rings. The van der Waals surface area contributed by atoms with E-state index in [2.05, 4.69) is 267 Å². The van der Waals surface area contributed by atoms with Gasteiger partial charge in [0, 0.05) is 44.9 Å². The highest BCUT2D eigenvalue weighted by Crippen LogP contribution is 2.52. The lowest BCUT2D eigenvalue weighted by Gasteiger charge is -2.42. The predicted molar refractivity (Wildman–Crippen MR) is 312 cm³/mol. The third-order valence-corrected chi connectivity index (χ3v) is 16.3. The van der Waals surface area contributed by atoms with Gasteiger partial charge in [0.1, 0.15) is 0 Å². The average molecular weight is 934 g/mol. The highest BCUT2D eigenvalue weighted by Gasteiger charge is 2.44. The van der Waals surface area contributed by atoms with Crippen LogP contribution in [0.25, 0.3) is 60.5 Å². The molecule has 0 radical (unpaired) electrons. The molecule has 3 nitrogen and oxygen atoms in total. The minimum Gasteiger partial charge on any atom is -0.311 e. The van der Waals surface area contributed by atoms with Crippen molar-refractivity contribution in [2.24, 2.45) is 0 Å². The second-order valence-corrected chi connectivity index (χ2v) is 25.1. The monoisotopic (exact) mass is 934 g/mol. The van der Waals surface area contributed by atoms with E-state index < -0.39 is 0 Å². The van der Waals surface area contributed by atoms with Gasteiger partial charge >= 0.3 is 0 Å². The molecule has 72 heavy (non-hydrogen) atoms. The molecule has 0 amide bonds. The summed E-state index contributed by atoms with van der Waals surface area (Å²) in [7, 11) is 0. The van der Waals surface area contributed by atoms with E-state index in [1.807, 2.05) is 0 Å². The van der Waals surface area contributed by atoms with Gasteiger partial charge in [-0.25, -0.2) is 0 Å². The lowest BCUT2D eigenvalue weighted by atomic mass is 9.33. The second-order valence-electron chi connectivity index (χ2n) is 25.1. The fourth-order valence-electron chi connectivity index (χ4n) is 12.5. The Morgan fingerprint density at radius 1 is 0.375 bits per heavy atom. The Hall–Kier alpha value is -7.30. The second kappa shape index (κ2) is 15.1. The predicted octanol–water partition coefficient (Wildman–Crippen LogP) is 16.9. The molecule has 0 saturated carbocycles. The van der Waals surface area contributed by atoms with E-state index >= 15 is 0 Å². The van der Waals surface area contributed by atoms with Crippen molar-refractivity contribution in [2.75, 3.05) is 9.80 Å². The van der Waals surface area contributed by atoms with Crippen LogP contribution >= 0.6 is 0 Å². The first kappa shape index (κ1) is 44.6. The zero-order chi connectivity index (χ0) is 50.0. The topological polar surface area (TPSA) is 11.4 Å². The van der Waals surface area contributed by atoms with Crippen molar-refractivity contribution < 1.29 is 0 Å². The molecule has 0 N–H and O–H groups in total. The fraction of sp³-hybridized carbons (Fsp3) is 0.235. The molecule has 0 atom stereocenters. The van der Waals surface area contributed by atoms with Crippen LogP contribution < -0.4 is 26.2 Å². The Morgan fingerprint density at radius 3 is 1.44 bits per heavy atom. The van der Waals surface area contributed by atoms with E-state index in [0.29, 0.717) is 0 Å². The molecule has 2 aliphatic heterocycles. The highest BCUT2D eigenvalue weighted by molar-refractivity contribution is 7.00. The zero-order valence-corrected chi connectivity index (χ0v) is 44.1. The molecule has 10 aromatic rings. The quantitative estimate of drug-likeness (QED) is 0.163. The summed E-state index contributed by atoms with van der Waals surface area (Å²) >= 11 is 0. The number of hydrogen-bond acceptors (Lipinski definition) is 2. The van der Waals surface area contributed by atoms with Gasteiger partial charge in [-0.2, -0.15) is 0 Å². The van der Waals surface area contributed by atoms with Gasteiger partial charge < -0.3 is 14.4 Å². The molecule has 1 aromatic heterocycles. The van der Waals surface area contributed by atoms with Crippen LogP contribution in [0, 0.1) is 0 Å². The lowest BCUT2D eigenvalue weighted by Crippen LogP contribution is -2.60. The Bertz CT molecular complexity index is 3820. The number of nitrogens with zero attached hydrogens (tertiary/aromatic N) is 3. The summed E-state index contributed by atoms with van der Waals surface area (Å²) in [5, 5.41) is 5.33. The van der Waals surface area contributed by atoms with Gasteiger partial charge in [-0.15, -0.1) is 0 Å². The summed E-state index contributed by atoms with van der Waals surface area (Å²) in [6.07, 6.45) is 0. The molecule has 354 valence electrons. The summed E-state index contributed by atoms with van der Waals surface area (Å²) in [4.78, 5) is 5.10. The zero-order valence-electron chi connectivity index (χ0n) is 44.1. The molecule has 13 rings (SSSR count). The van der Waals surface area contributed by atoms with Gasteiger partial charge in [-0.1, -0.05) is 192 Å². The smallest absolute Gasteiger partial charge is 0.252 e. The molecule has 4 heteroatoms. The molecular weight excluding hydrogens is 870 g/mol. The summed E-state index contributed by atoms with van der Waals surface area (Å²) in [6.45, 7) is 27.8. The van der Waals surface area contributed by atoms with Crippen molar-refractivity contribution in [3.63, 3.8) is 0 Å². The van der Waals surface area contributed by atoms with Crippen LogP contribution in [0.5, 0.6) is 0 Å². The lowest BCUT2D eigenvalue weighted by molar-refractivity contribution is 0.590. The van der Waals surface area contributed by atoms with E-state index in [1.54, 1.807) is 0 Å². The number of fused-ring (bicyclic) bond motifs is 8. The molecule has 9 aromatic carbocycles. The van der Waals surface area contributed by atoms with Gasteiger partial charge in [0.25, 0.3) is 6.71 Å². The molecular formula is C68H64BN3. The van der Waals surface area contributed by atoms with Crippen LogP contribution in [0.1, 0.15) is 105 Å². The van der Waals surface area contributed by atoms with Crippen LogP contribution in [0.2, 0.25) is 0 Å². The summed E-state index contributed by atoms with van der Waals surface area (Å²) in [6, 6.07) is 66.2. The molecule has 1 aliphatic carbocycles. The first-order chi connectivity index (χ1) is 34.3. The van der Waals surface area contributed by atoms with Gasteiger partial charge in [-0.3, -0.25) is 0 Å². The molecule has 0 fully saturated rings. The largest absolute Gasteiger partial charge is 0.311 e. The van der Waals surface area contributed by atoms with Crippen LogP contribution in [0.15, 0.2) is 170 Å². The van der Waals surface area contributed by atoms with Crippen molar-refractivity contribution in [2.45, 2.75) is 105 Å². The van der Waals surface area contributed by atoms with E-state index in [9.17, 15) is 0 Å². The maximum absolute atomic E-state index is 2.68. The Morgan fingerprint density at radius 2 is 0.875 bits per heavy atom. The summed E-state index contributed by atoms with van der Waals surface area (Å²) < 4.78 is 2.68. The molecule has 0 saturated heterocycles. The van der Waals surface area contributed by atoms with E-state index in [4.69, 9.17) is 0 Å². The standard InChI is InChI=1S/C68H64BN3/c1-65(2,3)42-23-30-46(31-24-42)70(47-32-25-43(26-33-47)66(4,5)6)49-39-58-63-59(40-49)72-57-22-16-21-53-51-19-14-13-18-50(51)52-20-15-17-41-37-55(64(72)62(60(41)52)61(53)57)69(63)54-38-45(68(10,11)12)29-36-56(54)71(58)48-34-27-44(28-35-48)67(7,8)9/h13-40H,1-12H3. The van der Waals surface area contributed by atoms with Crippen molar-refractivity contribution in [1.29, 1.82) is 0 Å². The number of aromatic nitrogens is 1. The SMILES string of the molecule is CC(C)(C)c1ccc(N(c2ccc(C(C)(C)C)cc2)c2cc3c4c(c2)-n2c5cccc6c5c5c7c(cccc7cc(c52)B4c2cc(C(C)(C)C)ccc2N3c2ccc(C(C)(C)C)cc2)-c2ccccc2-6)cc1. The maximum Gasteiger partial charge on any atom is 0.252 e. The summed E-state index contributed by atoms with van der Waals surface area (Å²) in [5.41, 5.74) is 25.3. The number of rotatable bonds is 4. The van der Waals surface area contributed by atoms with Crippen LogP contribution in [0.4, 0.5) is 34.1 Å². The highest BCUT2D eigenvalue weighted by atomic mass is 15.2. The van der Waals surface area contributed by atoms with Crippen LogP contribution in [0.3, 0.4) is 0 Å². The molecule has 0 spiro atoms. The van der Waals surface area contributed by atoms with E-state index in [-0.39, 0.29) is 28.4 Å². The Balaban J connectivity index is 1.20. The van der Waals surface area contributed by atoms with Gasteiger partial charge in [-0.05, 0) is 154 Å². The fourth-order valence-corrected chi connectivity index (χ4v) is 12.5. The maximum atomic E-state index is 2.68. The minimum atomic E-state index is -0.0522. The van der Waals surface area contributed by atoms with E-state index in [1.165, 1.54) is 111 Å². The van der Waals surface area contributed by atoms with Crippen LogP contribution in [-0.4, -0.2) is 11.3 Å². The number of anilines is 6. The van der Waals surface area contributed by atoms with Crippen molar-refractivity contribution >= 4 is 89.8 Å². The van der Waals surface area contributed by atoms with Gasteiger partial charge in [0.15, 0.2) is 0 Å². The third-order valence-electron chi connectivity index (χ3n) is 16.3. The summed E-state index contributed by atoms with van der Waals surface area (Å²) in [5.74, 6) is 0. The Labute approximate surface area is 426 Å². The van der Waals surface area contributed by atoms with Crippen molar-refractivity contribution in [3.05, 3.63) is 192 Å². The van der Waals surface area contributed by atoms with Gasteiger partial charge in [0.05, 0.1) is 16.7 Å². The van der Waals surface area contributed by atoms with Crippen molar-refractivity contribution in [3.8, 4) is 27.9 Å². The third kappa shape index (κ3) is 6.56. The first-order valence-electron chi connectivity index (χ1n) is 26.1. The van der Waals surface area contributed by atoms with Crippen molar-refractivity contribution in [1.82, 2.24) is 4.57 Å². The molecule has 3 heterocycles. The average Bonchev–Trinajstić information content (AvgIpc) is 3.64. The first-order valence-corrected chi connectivity index (χ1v) is 26.1.